The number of piperidine rings is 1. The summed E-state index contributed by atoms with van der Waals surface area (Å²) in [7, 11) is 0. The molecule has 1 aromatic heterocycles. The quantitative estimate of drug-likeness (QED) is 0.855. The molecule has 0 radical (unpaired) electrons. The third kappa shape index (κ3) is 3.88. The van der Waals surface area contributed by atoms with Crippen LogP contribution in [0.4, 0.5) is 5.69 Å². The van der Waals surface area contributed by atoms with E-state index in [1.54, 1.807) is 0 Å². The van der Waals surface area contributed by atoms with E-state index in [-0.39, 0.29) is 18.5 Å². The third-order valence-corrected chi connectivity index (χ3v) is 5.11. The molecule has 0 spiro atoms. The number of hydrogen-bond acceptors (Lipinski definition) is 6. The van der Waals surface area contributed by atoms with Gasteiger partial charge in [0.15, 0.2) is 0 Å². The Morgan fingerprint density at radius 3 is 2.73 bits per heavy atom. The van der Waals surface area contributed by atoms with Crippen molar-refractivity contribution in [3.63, 3.8) is 0 Å². The molecular weight excluding hydrogens is 330 g/mol. The molecule has 2 saturated heterocycles. The summed E-state index contributed by atoms with van der Waals surface area (Å²) in [6.07, 6.45) is 5.77. The Hall–Kier alpha value is -2.41. The number of nitrogens with zero attached hydrogens (tertiary/aromatic N) is 3. The molecule has 26 heavy (non-hydrogen) atoms. The van der Waals surface area contributed by atoms with Gasteiger partial charge in [-0.2, -0.15) is 4.98 Å². The van der Waals surface area contributed by atoms with Crippen LogP contribution in [-0.2, 0) is 11.3 Å². The minimum Gasteiger partial charge on any atom is -0.372 e. The van der Waals surface area contributed by atoms with Crippen LogP contribution >= 0.6 is 0 Å². The Kier molecular flexibility index (Phi) is 5.15. The zero-order valence-electron chi connectivity index (χ0n) is 14.9. The van der Waals surface area contributed by atoms with E-state index in [2.05, 4.69) is 37.8 Å². The number of nitrogens with one attached hydrogen (secondary N) is 2. The molecular formula is C19H25N5O2. The van der Waals surface area contributed by atoms with Crippen LogP contribution in [0, 0.1) is 0 Å². The fraction of sp³-hybridized carbons (Fsp3) is 0.526. The number of rotatable bonds is 5. The lowest BCUT2D eigenvalue weighted by atomic mass is 10.1. The number of carbonyl (C=O) groups excluding carboxylic acids is 1. The van der Waals surface area contributed by atoms with Crippen molar-refractivity contribution in [1.82, 2.24) is 20.8 Å². The van der Waals surface area contributed by atoms with Gasteiger partial charge >= 0.3 is 0 Å². The van der Waals surface area contributed by atoms with Crippen LogP contribution in [0.5, 0.6) is 0 Å². The molecule has 2 aliphatic heterocycles. The SMILES string of the molecule is O=C(NCc1nc(-c2ccc(N3CCCCC3)cc2)no1)C1CCCN1. The number of anilines is 1. The molecule has 2 fully saturated rings. The summed E-state index contributed by atoms with van der Waals surface area (Å²) in [6, 6.07) is 8.19. The van der Waals surface area contributed by atoms with E-state index in [9.17, 15) is 4.79 Å². The highest BCUT2D eigenvalue weighted by atomic mass is 16.5. The van der Waals surface area contributed by atoms with E-state index in [0.717, 1.165) is 38.0 Å². The van der Waals surface area contributed by atoms with Gasteiger partial charge in [-0.05, 0) is 62.9 Å². The normalized spacial score (nSPS) is 20.3. The molecule has 0 saturated carbocycles. The van der Waals surface area contributed by atoms with Gasteiger partial charge in [0.1, 0.15) is 0 Å². The van der Waals surface area contributed by atoms with E-state index in [1.807, 2.05) is 12.1 Å². The van der Waals surface area contributed by atoms with Gasteiger partial charge in [0.2, 0.25) is 17.6 Å². The van der Waals surface area contributed by atoms with Crippen molar-refractivity contribution in [2.24, 2.45) is 0 Å². The van der Waals surface area contributed by atoms with Crippen molar-refractivity contribution < 1.29 is 9.32 Å². The predicted octanol–water partition coefficient (Wildman–Crippen LogP) is 2.10. The van der Waals surface area contributed by atoms with Crippen molar-refractivity contribution in [2.45, 2.75) is 44.7 Å². The van der Waals surface area contributed by atoms with Gasteiger partial charge in [0.25, 0.3) is 0 Å². The van der Waals surface area contributed by atoms with Crippen LogP contribution in [0.3, 0.4) is 0 Å². The summed E-state index contributed by atoms with van der Waals surface area (Å²) < 4.78 is 5.27. The summed E-state index contributed by atoms with van der Waals surface area (Å²) in [5.74, 6) is 0.970. The lowest BCUT2D eigenvalue weighted by Crippen LogP contribution is -2.40. The first-order chi connectivity index (χ1) is 12.8. The van der Waals surface area contributed by atoms with Gasteiger partial charge in [-0.3, -0.25) is 4.79 Å². The highest BCUT2D eigenvalue weighted by Crippen LogP contribution is 2.23. The standard InChI is InChI=1S/C19H25N5O2/c25-19(16-5-4-10-20-16)21-13-17-22-18(23-26-17)14-6-8-15(9-7-14)24-11-2-1-3-12-24/h6-9,16,20H,1-5,10-13H2,(H,21,25). The molecule has 1 unspecified atom stereocenters. The van der Waals surface area contributed by atoms with Crippen LogP contribution in [0.1, 0.15) is 38.0 Å². The summed E-state index contributed by atoms with van der Waals surface area (Å²) in [5.41, 5.74) is 2.16. The van der Waals surface area contributed by atoms with Crippen molar-refractivity contribution >= 4 is 11.6 Å². The zero-order chi connectivity index (χ0) is 17.8. The lowest BCUT2D eigenvalue weighted by molar-refractivity contribution is -0.123. The average Bonchev–Trinajstić information content (AvgIpc) is 3.39. The number of carbonyl (C=O) groups is 1. The van der Waals surface area contributed by atoms with Crippen molar-refractivity contribution in [3.05, 3.63) is 30.2 Å². The smallest absolute Gasteiger partial charge is 0.246 e. The Balaban J connectivity index is 1.35. The first kappa shape index (κ1) is 17.0. The molecule has 7 nitrogen and oxygen atoms in total. The number of amides is 1. The van der Waals surface area contributed by atoms with Crippen LogP contribution in [-0.4, -0.2) is 41.7 Å². The molecule has 1 amide bonds. The molecule has 4 rings (SSSR count). The van der Waals surface area contributed by atoms with Crippen LogP contribution in [0.2, 0.25) is 0 Å². The molecule has 3 heterocycles. The lowest BCUT2D eigenvalue weighted by Gasteiger charge is -2.28. The zero-order valence-corrected chi connectivity index (χ0v) is 14.9. The Labute approximate surface area is 153 Å². The second kappa shape index (κ2) is 7.86. The third-order valence-electron chi connectivity index (χ3n) is 5.11. The minimum absolute atomic E-state index is 0.00636. The highest BCUT2D eigenvalue weighted by molar-refractivity contribution is 5.81. The van der Waals surface area contributed by atoms with E-state index in [1.165, 1.54) is 24.9 Å². The maximum Gasteiger partial charge on any atom is 0.246 e. The number of benzene rings is 1. The van der Waals surface area contributed by atoms with Gasteiger partial charge in [-0.1, -0.05) is 5.16 Å². The van der Waals surface area contributed by atoms with E-state index >= 15 is 0 Å². The largest absolute Gasteiger partial charge is 0.372 e. The molecule has 138 valence electrons. The Bertz CT molecular complexity index is 731. The van der Waals surface area contributed by atoms with E-state index in [0.29, 0.717) is 11.7 Å². The van der Waals surface area contributed by atoms with Gasteiger partial charge in [0, 0.05) is 24.3 Å². The van der Waals surface area contributed by atoms with E-state index in [4.69, 9.17) is 4.52 Å². The summed E-state index contributed by atoms with van der Waals surface area (Å²) in [4.78, 5) is 18.8. The predicted molar refractivity (Wildman–Crippen MR) is 98.7 cm³/mol. The average molecular weight is 355 g/mol. The molecule has 0 aliphatic carbocycles. The summed E-state index contributed by atoms with van der Waals surface area (Å²) in [6.45, 7) is 3.41. The number of aromatic nitrogens is 2. The summed E-state index contributed by atoms with van der Waals surface area (Å²) in [5, 5.41) is 10.1. The molecule has 0 bridgehead atoms. The first-order valence-electron chi connectivity index (χ1n) is 9.49. The monoisotopic (exact) mass is 355 g/mol. The second-order valence-electron chi connectivity index (χ2n) is 6.97. The molecule has 2 aliphatic rings. The maximum atomic E-state index is 12.0. The Morgan fingerprint density at radius 1 is 1.19 bits per heavy atom. The fourth-order valence-electron chi connectivity index (χ4n) is 3.61. The Morgan fingerprint density at radius 2 is 2.00 bits per heavy atom. The topological polar surface area (TPSA) is 83.3 Å². The molecule has 7 heteroatoms. The highest BCUT2D eigenvalue weighted by Gasteiger charge is 2.22. The second-order valence-corrected chi connectivity index (χ2v) is 6.97. The van der Waals surface area contributed by atoms with Crippen molar-refractivity contribution in [3.8, 4) is 11.4 Å². The maximum absolute atomic E-state index is 12.0. The van der Waals surface area contributed by atoms with Crippen LogP contribution in [0.15, 0.2) is 28.8 Å². The molecule has 2 N–H and O–H groups in total. The number of hydrogen-bond donors (Lipinski definition) is 2. The molecule has 1 aromatic carbocycles. The summed E-state index contributed by atoms with van der Waals surface area (Å²) >= 11 is 0. The van der Waals surface area contributed by atoms with Gasteiger partial charge in [-0.25, -0.2) is 0 Å². The van der Waals surface area contributed by atoms with Crippen molar-refractivity contribution in [1.29, 1.82) is 0 Å². The van der Waals surface area contributed by atoms with E-state index < -0.39 is 0 Å². The minimum atomic E-state index is -0.0975. The van der Waals surface area contributed by atoms with Crippen molar-refractivity contribution in [2.75, 3.05) is 24.5 Å². The van der Waals surface area contributed by atoms with Gasteiger partial charge < -0.3 is 20.1 Å². The van der Waals surface area contributed by atoms with Crippen LogP contribution < -0.4 is 15.5 Å². The van der Waals surface area contributed by atoms with Gasteiger partial charge in [-0.15, -0.1) is 0 Å². The fourth-order valence-corrected chi connectivity index (χ4v) is 3.61. The molecule has 2 aromatic rings. The first-order valence-corrected chi connectivity index (χ1v) is 9.49. The van der Waals surface area contributed by atoms with Gasteiger partial charge in [0.05, 0.1) is 12.6 Å². The molecule has 1 atom stereocenters. The van der Waals surface area contributed by atoms with Crippen LogP contribution in [0.25, 0.3) is 11.4 Å².